The zero-order valence-corrected chi connectivity index (χ0v) is 54.0. The Kier molecular flexibility index (Phi) is 46.4. The summed E-state index contributed by atoms with van der Waals surface area (Å²) < 4.78 is 34.3. The minimum atomic E-state index is -1.98. The summed E-state index contributed by atoms with van der Waals surface area (Å²) in [7, 11) is 0. The molecule has 512 valence electrons. The van der Waals surface area contributed by atoms with Crippen LogP contribution in [-0.4, -0.2) is 193 Å². The van der Waals surface area contributed by atoms with E-state index in [2.05, 4.69) is 31.3 Å². The molecule has 3 aliphatic rings. The molecule has 0 spiro atoms. The topological polar surface area (TPSA) is 307 Å². The van der Waals surface area contributed by atoms with E-state index in [0.29, 0.717) is 6.42 Å². The van der Waals surface area contributed by atoms with Crippen molar-refractivity contribution < 1.29 is 89.4 Å². The minimum absolute atomic E-state index is 0.234. The maximum atomic E-state index is 13.3. The molecule has 0 aromatic heterocycles. The zero-order chi connectivity index (χ0) is 63.3. The molecule has 0 bridgehead atoms. The van der Waals surface area contributed by atoms with Crippen LogP contribution < -0.4 is 5.32 Å². The number of carbonyl (C=O) groups excluding carboxylic acids is 1. The first-order valence-electron chi connectivity index (χ1n) is 35.1. The summed E-state index contributed by atoms with van der Waals surface area (Å²) in [5.74, 6) is -0.284. The summed E-state index contributed by atoms with van der Waals surface area (Å²) in [5, 5.41) is 120. The SMILES string of the molecule is CCCC/C=C\CCCCCCCC(=O)NC(COC1OC(CO)C(OC2OC(CO)C(OC3OC(CO)C(O)C(O)C3O)C(O)C2O)C(O)C1O)C(O)/C=C/CCCCCCCCCCCCCCCCCCCCCCCCCCCCCCC. The summed E-state index contributed by atoms with van der Waals surface area (Å²) in [5.41, 5.74) is 0. The second kappa shape index (κ2) is 50.8. The van der Waals surface area contributed by atoms with Crippen molar-refractivity contribution in [2.24, 2.45) is 0 Å². The number of hydrogen-bond acceptors (Lipinski definition) is 18. The van der Waals surface area contributed by atoms with Crippen LogP contribution in [0.25, 0.3) is 0 Å². The van der Waals surface area contributed by atoms with Crippen molar-refractivity contribution in [2.75, 3.05) is 26.4 Å². The highest BCUT2D eigenvalue weighted by atomic mass is 16.8. The van der Waals surface area contributed by atoms with Gasteiger partial charge < -0.3 is 89.9 Å². The third kappa shape index (κ3) is 33.1. The van der Waals surface area contributed by atoms with Crippen LogP contribution in [0.4, 0.5) is 0 Å². The van der Waals surface area contributed by atoms with E-state index in [0.717, 1.165) is 64.2 Å². The van der Waals surface area contributed by atoms with Crippen LogP contribution in [0.3, 0.4) is 0 Å². The van der Waals surface area contributed by atoms with Crippen LogP contribution in [-0.2, 0) is 33.2 Å². The molecule has 0 aromatic carbocycles. The quantitative estimate of drug-likeness (QED) is 0.0200. The molecule has 0 aliphatic carbocycles. The normalized spacial score (nSPS) is 28.7. The van der Waals surface area contributed by atoms with Gasteiger partial charge in [0.25, 0.3) is 0 Å². The van der Waals surface area contributed by atoms with E-state index in [-0.39, 0.29) is 18.9 Å². The van der Waals surface area contributed by atoms with Gasteiger partial charge in [-0.2, -0.15) is 0 Å². The Morgan fingerprint density at radius 1 is 0.402 bits per heavy atom. The molecule has 19 heteroatoms. The Labute approximate surface area is 524 Å². The van der Waals surface area contributed by atoms with E-state index in [1.165, 1.54) is 180 Å². The Balaban J connectivity index is 1.37. The average molecular weight is 1250 g/mol. The molecular weight excluding hydrogens is 1120 g/mol. The van der Waals surface area contributed by atoms with Crippen LogP contribution in [0.1, 0.15) is 271 Å². The van der Waals surface area contributed by atoms with E-state index in [1.807, 2.05) is 6.08 Å². The smallest absolute Gasteiger partial charge is 0.220 e. The number of nitrogens with one attached hydrogen (secondary N) is 1. The maximum Gasteiger partial charge on any atom is 0.220 e. The number of amides is 1. The summed E-state index contributed by atoms with van der Waals surface area (Å²) in [6.45, 7) is 1.70. The third-order valence-corrected chi connectivity index (χ3v) is 17.7. The predicted molar refractivity (Wildman–Crippen MR) is 337 cm³/mol. The van der Waals surface area contributed by atoms with Gasteiger partial charge >= 0.3 is 0 Å². The number of carbonyl (C=O) groups is 1. The fraction of sp³-hybridized carbons (Fsp3) is 0.926. The lowest BCUT2D eigenvalue weighted by Crippen LogP contribution is -2.66. The molecule has 0 aromatic rings. The van der Waals surface area contributed by atoms with Gasteiger partial charge in [-0.15, -0.1) is 0 Å². The van der Waals surface area contributed by atoms with Crippen LogP contribution in [0.15, 0.2) is 24.3 Å². The first-order chi connectivity index (χ1) is 42.3. The van der Waals surface area contributed by atoms with Crippen molar-refractivity contribution in [1.29, 1.82) is 0 Å². The van der Waals surface area contributed by atoms with Crippen molar-refractivity contribution in [3.63, 3.8) is 0 Å². The molecule has 19 nitrogen and oxygen atoms in total. The summed E-state index contributed by atoms with van der Waals surface area (Å²) in [4.78, 5) is 13.3. The maximum absolute atomic E-state index is 13.3. The van der Waals surface area contributed by atoms with Crippen LogP contribution >= 0.6 is 0 Å². The van der Waals surface area contributed by atoms with E-state index >= 15 is 0 Å². The molecule has 3 rings (SSSR count). The van der Waals surface area contributed by atoms with Crippen molar-refractivity contribution in [3.8, 4) is 0 Å². The lowest BCUT2D eigenvalue weighted by Gasteiger charge is -2.48. The molecule has 3 fully saturated rings. The number of aliphatic hydroxyl groups excluding tert-OH is 11. The van der Waals surface area contributed by atoms with Gasteiger partial charge in [0.2, 0.25) is 5.91 Å². The highest BCUT2D eigenvalue weighted by Gasteiger charge is 2.53. The molecule has 17 unspecified atom stereocenters. The van der Waals surface area contributed by atoms with Gasteiger partial charge in [0, 0.05) is 6.42 Å². The lowest BCUT2D eigenvalue weighted by molar-refractivity contribution is -0.379. The fourth-order valence-corrected chi connectivity index (χ4v) is 12.0. The largest absolute Gasteiger partial charge is 0.394 e. The molecule has 17 atom stereocenters. The van der Waals surface area contributed by atoms with Crippen molar-refractivity contribution >= 4 is 5.91 Å². The van der Waals surface area contributed by atoms with Crippen molar-refractivity contribution in [1.82, 2.24) is 5.32 Å². The lowest BCUT2D eigenvalue weighted by atomic mass is 9.96. The summed E-state index contributed by atoms with van der Waals surface area (Å²) in [6.07, 6.45) is 30.5. The van der Waals surface area contributed by atoms with Gasteiger partial charge in [-0.1, -0.05) is 250 Å². The van der Waals surface area contributed by atoms with Crippen LogP contribution in [0.5, 0.6) is 0 Å². The second-order valence-electron chi connectivity index (χ2n) is 25.3. The zero-order valence-electron chi connectivity index (χ0n) is 54.0. The van der Waals surface area contributed by atoms with Crippen LogP contribution in [0.2, 0.25) is 0 Å². The second-order valence-corrected chi connectivity index (χ2v) is 25.3. The number of aliphatic hydroxyl groups is 11. The van der Waals surface area contributed by atoms with E-state index in [1.54, 1.807) is 6.08 Å². The van der Waals surface area contributed by atoms with Gasteiger partial charge in [0.15, 0.2) is 18.9 Å². The predicted octanol–water partition coefficient (Wildman–Crippen LogP) is 9.05. The van der Waals surface area contributed by atoms with Gasteiger partial charge in [-0.3, -0.25) is 4.79 Å². The molecule has 1 amide bonds. The first kappa shape index (κ1) is 79.5. The van der Waals surface area contributed by atoms with E-state index in [4.69, 9.17) is 28.4 Å². The van der Waals surface area contributed by atoms with Gasteiger partial charge in [0.1, 0.15) is 73.2 Å². The molecule has 3 aliphatic heterocycles. The molecule has 12 N–H and O–H groups in total. The third-order valence-electron chi connectivity index (χ3n) is 17.7. The standard InChI is InChI=1S/C68H127NO18/c1-3-5-7-9-11-13-15-16-17-18-19-20-21-22-23-24-25-26-27-28-29-30-31-32-33-34-36-37-39-41-43-45-52(73)51(69-56(74)46-44-42-40-38-35-14-12-10-8-6-4-2)50-82-66-62(80)59(77)64(54(48-71)84-66)87-68-63(81)60(78)65(55(49-72)85-68)86-67-61(79)58(76)57(75)53(47-70)83-67/h10,12,43,45,51-55,57-68,70-73,75-81H,3-9,11,13-42,44,46-50H2,1-2H3,(H,69,74)/b12-10-,45-43+. The van der Waals surface area contributed by atoms with Gasteiger partial charge in [-0.25, -0.2) is 0 Å². The summed E-state index contributed by atoms with van der Waals surface area (Å²) >= 11 is 0. The highest BCUT2D eigenvalue weighted by Crippen LogP contribution is 2.33. The first-order valence-corrected chi connectivity index (χ1v) is 35.1. The number of hydrogen-bond donors (Lipinski definition) is 12. The van der Waals surface area contributed by atoms with Crippen molar-refractivity contribution in [2.45, 2.75) is 375 Å². The number of unbranched alkanes of at least 4 members (excludes halogenated alkanes) is 36. The van der Waals surface area contributed by atoms with Gasteiger partial charge in [-0.05, 0) is 38.5 Å². The molecule has 0 saturated carbocycles. The number of ether oxygens (including phenoxy) is 6. The average Bonchev–Trinajstić information content (AvgIpc) is 3.20. The Morgan fingerprint density at radius 3 is 1.15 bits per heavy atom. The Bertz CT molecular complexity index is 1680. The highest BCUT2D eigenvalue weighted by molar-refractivity contribution is 5.76. The molecular formula is C68H127NO18. The number of allylic oxidation sites excluding steroid dienone is 3. The monoisotopic (exact) mass is 1250 g/mol. The minimum Gasteiger partial charge on any atom is -0.394 e. The Morgan fingerprint density at radius 2 is 0.736 bits per heavy atom. The molecule has 0 radical (unpaired) electrons. The fourth-order valence-electron chi connectivity index (χ4n) is 12.0. The van der Waals surface area contributed by atoms with Gasteiger partial charge in [0.05, 0.1) is 38.6 Å². The molecule has 3 heterocycles. The van der Waals surface area contributed by atoms with E-state index < -0.39 is 124 Å². The molecule has 3 saturated heterocycles. The Hall–Kier alpha value is -1.73. The molecule has 87 heavy (non-hydrogen) atoms. The van der Waals surface area contributed by atoms with E-state index in [9.17, 15) is 61.0 Å². The van der Waals surface area contributed by atoms with Crippen molar-refractivity contribution in [3.05, 3.63) is 24.3 Å². The number of rotatable bonds is 54. The van der Waals surface area contributed by atoms with Crippen LogP contribution in [0, 0.1) is 0 Å². The summed E-state index contributed by atoms with van der Waals surface area (Å²) in [6, 6.07) is -0.975.